The lowest BCUT2D eigenvalue weighted by Gasteiger charge is -2.44. The topological polar surface area (TPSA) is 46.2 Å². The Balaban J connectivity index is 2.18. The molecule has 1 heterocycles. The molecule has 1 aliphatic carbocycles. The van der Waals surface area contributed by atoms with Gasteiger partial charge in [0.2, 0.25) is 0 Å². The van der Waals surface area contributed by atoms with Gasteiger partial charge in [-0.15, -0.1) is 11.3 Å². The van der Waals surface area contributed by atoms with Gasteiger partial charge >= 0.3 is 0 Å². The van der Waals surface area contributed by atoms with Crippen molar-refractivity contribution in [3.63, 3.8) is 0 Å². The zero-order valence-corrected chi connectivity index (χ0v) is 9.31. The summed E-state index contributed by atoms with van der Waals surface area (Å²) in [4.78, 5) is 2.33. The van der Waals surface area contributed by atoms with Crippen LogP contribution in [0, 0.1) is 12.3 Å². The van der Waals surface area contributed by atoms with Crippen molar-refractivity contribution < 1.29 is 5.11 Å². The Morgan fingerprint density at radius 3 is 2.64 bits per heavy atom. The van der Waals surface area contributed by atoms with Gasteiger partial charge in [-0.3, -0.25) is 0 Å². The van der Waals surface area contributed by atoms with Crippen LogP contribution in [0.2, 0.25) is 0 Å². The van der Waals surface area contributed by atoms with Crippen LogP contribution in [0.15, 0.2) is 12.1 Å². The molecule has 14 heavy (non-hydrogen) atoms. The van der Waals surface area contributed by atoms with E-state index in [4.69, 9.17) is 5.73 Å². The van der Waals surface area contributed by atoms with Crippen molar-refractivity contribution in [1.82, 2.24) is 0 Å². The molecule has 1 fully saturated rings. The fraction of sp³-hybridized carbons (Fsp3) is 0.636. The summed E-state index contributed by atoms with van der Waals surface area (Å²) in [6.45, 7) is 2.67. The fourth-order valence-electron chi connectivity index (χ4n) is 2.12. The molecule has 0 aliphatic heterocycles. The molecule has 0 amide bonds. The van der Waals surface area contributed by atoms with Gasteiger partial charge in [0.05, 0.1) is 6.10 Å². The number of nitrogens with two attached hydrogens (primary N) is 1. The van der Waals surface area contributed by atoms with Gasteiger partial charge in [0, 0.05) is 21.7 Å². The minimum Gasteiger partial charge on any atom is -0.387 e. The maximum atomic E-state index is 10.2. The number of hydrogen-bond donors (Lipinski definition) is 2. The monoisotopic (exact) mass is 211 g/mol. The molecule has 1 aliphatic rings. The number of aliphatic hydroxyl groups excluding tert-OH is 1. The van der Waals surface area contributed by atoms with Crippen molar-refractivity contribution in [1.29, 1.82) is 0 Å². The van der Waals surface area contributed by atoms with Crippen LogP contribution in [0.25, 0.3) is 0 Å². The van der Waals surface area contributed by atoms with E-state index >= 15 is 0 Å². The molecule has 0 saturated heterocycles. The van der Waals surface area contributed by atoms with Crippen LogP contribution >= 0.6 is 11.3 Å². The zero-order chi connectivity index (χ0) is 10.2. The first kappa shape index (κ1) is 10.1. The van der Waals surface area contributed by atoms with Crippen molar-refractivity contribution in [3.05, 3.63) is 21.9 Å². The Morgan fingerprint density at radius 2 is 2.29 bits per heavy atom. The van der Waals surface area contributed by atoms with E-state index in [1.807, 2.05) is 6.07 Å². The molecule has 3 N–H and O–H groups in total. The lowest BCUT2D eigenvalue weighted by Crippen LogP contribution is -2.42. The van der Waals surface area contributed by atoms with Gasteiger partial charge in [-0.1, -0.05) is 6.42 Å². The first-order chi connectivity index (χ1) is 6.68. The molecule has 2 rings (SSSR count). The second-order valence-corrected chi connectivity index (χ2v) is 5.59. The van der Waals surface area contributed by atoms with Crippen molar-refractivity contribution >= 4 is 11.3 Å². The third-order valence-electron chi connectivity index (χ3n) is 3.37. The Hall–Kier alpha value is -0.380. The van der Waals surface area contributed by atoms with Gasteiger partial charge in [0.25, 0.3) is 0 Å². The molecule has 78 valence electrons. The van der Waals surface area contributed by atoms with Crippen molar-refractivity contribution in [2.75, 3.05) is 6.54 Å². The van der Waals surface area contributed by atoms with Crippen LogP contribution < -0.4 is 5.73 Å². The number of hydrogen-bond acceptors (Lipinski definition) is 3. The van der Waals surface area contributed by atoms with E-state index in [2.05, 4.69) is 13.0 Å². The SMILES string of the molecule is Cc1ccc(C(O)C2(CN)CCC2)s1. The molecule has 1 saturated carbocycles. The van der Waals surface area contributed by atoms with Crippen molar-refractivity contribution in [2.24, 2.45) is 11.1 Å². The lowest BCUT2D eigenvalue weighted by molar-refractivity contribution is -0.0274. The Labute approximate surface area is 88.8 Å². The molecule has 2 nitrogen and oxygen atoms in total. The highest BCUT2D eigenvalue weighted by atomic mass is 32.1. The van der Waals surface area contributed by atoms with E-state index in [1.165, 1.54) is 11.3 Å². The second kappa shape index (κ2) is 3.65. The van der Waals surface area contributed by atoms with E-state index in [1.54, 1.807) is 11.3 Å². The third kappa shape index (κ3) is 1.49. The summed E-state index contributed by atoms with van der Waals surface area (Å²) in [6.07, 6.45) is 3.00. The fourth-order valence-corrected chi connectivity index (χ4v) is 3.13. The summed E-state index contributed by atoms with van der Waals surface area (Å²) in [5, 5.41) is 10.2. The average molecular weight is 211 g/mol. The van der Waals surface area contributed by atoms with Crippen molar-refractivity contribution in [2.45, 2.75) is 32.3 Å². The predicted molar refractivity (Wildman–Crippen MR) is 59.4 cm³/mol. The summed E-state index contributed by atoms with van der Waals surface area (Å²) >= 11 is 1.68. The molecule has 1 aromatic heterocycles. The quantitative estimate of drug-likeness (QED) is 0.805. The zero-order valence-electron chi connectivity index (χ0n) is 8.49. The predicted octanol–water partition coefficient (Wildman–Crippen LogP) is 2.22. The first-order valence-electron chi connectivity index (χ1n) is 5.12. The molecule has 0 bridgehead atoms. The molecule has 1 aromatic rings. The smallest absolute Gasteiger partial charge is 0.0950 e. The summed E-state index contributed by atoms with van der Waals surface area (Å²) in [5.74, 6) is 0. The van der Waals surface area contributed by atoms with Crippen molar-refractivity contribution in [3.8, 4) is 0 Å². The average Bonchev–Trinajstić information content (AvgIpc) is 2.50. The summed E-state index contributed by atoms with van der Waals surface area (Å²) < 4.78 is 0. The molecule has 1 unspecified atom stereocenters. The largest absolute Gasteiger partial charge is 0.387 e. The van der Waals surface area contributed by atoms with Gasteiger partial charge in [-0.25, -0.2) is 0 Å². The van der Waals surface area contributed by atoms with E-state index in [-0.39, 0.29) is 11.5 Å². The maximum Gasteiger partial charge on any atom is 0.0950 e. The van der Waals surface area contributed by atoms with Gasteiger partial charge < -0.3 is 10.8 Å². The van der Waals surface area contributed by atoms with Crippen LogP contribution in [0.1, 0.15) is 35.1 Å². The van der Waals surface area contributed by atoms with Crippen LogP contribution in [0.3, 0.4) is 0 Å². The maximum absolute atomic E-state index is 10.2. The molecule has 1 atom stereocenters. The number of aliphatic hydroxyl groups is 1. The van der Waals surface area contributed by atoms with Crippen LogP contribution in [-0.2, 0) is 0 Å². The summed E-state index contributed by atoms with van der Waals surface area (Å²) in [7, 11) is 0. The van der Waals surface area contributed by atoms with E-state index in [9.17, 15) is 5.11 Å². The molecule has 0 aromatic carbocycles. The highest BCUT2D eigenvalue weighted by Crippen LogP contribution is 2.50. The summed E-state index contributed by atoms with van der Waals surface area (Å²) in [5.41, 5.74) is 5.74. The van der Waals surface area contributed by atoms with E-state index in [0.717, 1.165) is 17.7 Å². The second-order valence-electron chi connectivity index (χ2n) is 4.27. The minimum atomic E-state index is -0.347. The van der Waals surface area contributed by atoms with Crippen LogP contribution in [0.4, 0.5) is 0 Å². The lowest BCUT2D eigenvalue weighted by atomic mass is 9.65. The van der Waals surface area contributed by atoms with Gasteiger partial charge in [-0.05, 0) is 31.9 Å². The Bertz CT molecular complexity index is 311. The minimum absolute atomic E-state index is 0.0166. The third-order valence-corrected chi connectivity index (χ3v) is 4.42. The molecule has 3 heteroatoms. The molecule has 0 radical (unpaired) electrons. The molecular weight excluding hydrogens is 194 g/mol. The highest BCUT2D eigenvalue weighted by Gasteiger charge is 2.43. The Morgan fingerprint density at radius 1 is 1.57 bits per heavy atom. The molecular formula is C11H17NOS. The molecule has 0 spiro atoms. The highest BCUT2D eigenvalue weighted by molar-refractivity contribution is 7.12. The number of aryl methyl sites for hydroxylation is 1. The normalized spacial score (nSPS) is 21.6. The standard InChI is InChI=1S/C11H17NOS/c1-8-3-4-9(14-8)10(13)11(7-12)5-2-6-11/h3-4,10,13H,2,5-7,12H2,1H3. The van der Waals surface area contributed by atoms with E-state index in [0.29, 0.717) is 6.54 Å². The van der Waals surface area contributed by atoms with Gasteiger partial charge in [0.15, 0.2) is 0 Å². The van der Waals surface area contributed by atoms with Crippen LogP contribution in [-0.4, -0.2) is 11.7 Å². The number of thiophene rings is 1. The first-order valence-corrected chi connectivity index (χ1v) is 5.94. The van der Waals surface area contributed by atoms with E-state index < -0.39 is 0 Å². The van der Waals surface area contributed by atoms with Gasteiger partial charge in [-0.2, -0.15) is 0 Å². The van der Waals surface area contributed by atoms with Gasteiger partial charge in [0.1, 0.15) is 0 Å². The Kier molecular flexibility index (Phi) is 2.64. The summed E-state index contributed by atoms with van der Waals surface area (Å²) in [6, 6.07) is 4.09. The number of rotatable bonds is 3. The van der Waals surface area contributed by atoms with Crippen LogP contribution in [0.5, 0.6) is 0 Å².